The van der Waals surface area contributed by atoms with Crippen molar-refractivity contribution in [3.63, 3.8) is 0 Å². The number of ether oxygens (including phenoxy) is 1. The molecule has 0 spiro atoms. The molecule has 0 aromatic rings. The van der Waals surface area contributed by atoms with Gasteiger partial charge in [0, 0.05) is 13.2 Å². The van der Waals surface area contributed by atoms with Crippen molar-refractivity contribution in [3.05, 3.63) is 17.7 Å². The van der Waals surface area contributed by atoms with Crippen molar-refractivity contribution in [1.82, 2.24) is 5.01 Å². The van der Waals surface area contributed by atoms with Gasteiger partial charge in [0.05, 0.1) is 0 Å². The van der Waals surface area contributed by atoms with Crippen LogP contribution in [-0.2, 0) is 4.74 Å². The van der Waals surface area contributed by atoms with Crippen LogP contribution in [0.1, 0.15) is 26.7 Å². The number of nitrogens with zero attached hydrogens (tertiary/aromatic N) is 2. The van der Waals surface area contributed by atoms with Crippen LogP contribution in [0.3, 0.4) is 0 Å². The molecule has 0 saturated carbocycles. The minimum Gasteiger partial charge on any atom is -0.624 e. The van der Waals surface area contributed by atoms with Gasteiger partial charge in [-0.3, -0.25) is 0 Å². The molecule has 1 aliphatic rings. The zero-order valence-electron chi connectivity index (χ0n) is 10.9. The van der Waals surface area contributed by atoms with Gasteiger partial charge in [0.15, 0.2) is 0 Å². The molecule has 1 fully saturated rings. The van der Waals surface area contributed by atoms with Gasteiger partial charge in [0.25, 0.3) is 0 Å². The first-order valence-corrected chi connectivity index (χ1v) is 5.19. The van der Waals surface area contributed by atoms with Gasteiger partial charge in [-0.2, -0.15) is 5.70 Å². The van der Waals surface area contributed by atoms with Crippen molar-refractivity contribution in [3.8, 4) is 0 Å². The van der Waals surface area contributed by atoms with Crippen LogP contribution in [0.5, 0.6) is 0 Å². The summed E-state index contributed by atoms with van der Waals surface area (Å²) >= 11 is 0. The van der Waals surface area contributed by atoms with Crippen molar-refractivity contribution < 1.29 is 23.6 Å². The summed E-state index contributed by atoms with van der Waals surface area (Å²) in [6, 6.07) is 0. The Morgan fingerprint density at radius 1 is 1.27 bits per heavy atom. The van der Waals surface area contributed by atoms with Crippen molar-refractivity contribution in [2.24, 2.45) is 5.92 Å². The third-order valence-corrected chi connectivity index (χ3v) is 1.82. The molecule has 4 heteroatoms. The van der Waals surface area contributed by atoms with Gasteiger partial charge in [0.2, 0.25) is 0 Å². The van der Waals surface area contributed by atoms with E-state index in [1.807, 2.05) is 14.1 Å². The third-order valence-electron chi connectivity index (χ3n) is 1.82. The van der Waals surface area contributed by atoms with Crippen LogP contribution < -0.4 is 18.9 Å². The Hall–Kier alpha value is 0.0574. The standard InChI is InChI=1S/C7H15N2.C4H8O.Li/c1-6(2)7(3)8-9(4)5;1-2-4-5-3-1;/h6H,3H2,1-2,4-5H3;1-4H2;/q-1;;+1. The predicted molar refractivity (Wildman–Crippen MR) is 61.1 cm³/mol. The second-order valence-corrected chi connectivity index (χ2v) is 3.91. The molecule has 1 aliphatic heterocycles. The molecule has 0 aliphatic carbocycles. The fourth-order valence-electron chi connectivity index (χ4n) is 0.883. The Morgan fingerprint density at radius 3 is 1.87 bits per heavy atom. The number of rotatable bonds is 3. The van der Waals surface area contributed by atoms with Gasteiger partial charge in [-0.15, -0.1) is 6.58 Å². The van der Waals surface area contributed by atoms with Gasteiger partial charge < -0.3 is 15.2 Å². The van der Waals surface area contributed by atoms with Crippen LogP contribution in [-0.4, -0.2) is 32.3 Å². The maximum atomic E-state index is 4.94. The second-order valence-electron chi connectivity index (χ2n) is 3.91. The van der Waals surface area contributed by atoms with Crippen molar-refractivity contribution in [1.29, 1.82) is 0 Å². The van der Waals surface area contributed by atoms with E-state index in [1.165, 1.54) is 12.8 Å². The fraction of sp³-hybridized carbons (Fsp3) is 0.818. The van der Waals surface area contributed by atoms with Gasteiger partial charge in [-0.25, -0.2) is 0 Å². The predicted octanol–water partition coefficient (Wildman–Crippen LogP) is -0.193. The summed E-state index contributed by atoms with van der Waals surface area (Å²) in [6.07, 6.45) is 2.56. The molecule has 3 nitrogen and oxygen atoms in total. The van der Waals surface area contributed by atoms with E-state index in [0.29, 0.717) is 5.92 Å². The molecule has 0 atom stereocenters. The fourth-order valence-corrected chi connectivity index (χ4v) is 0.883. The molecule has 0 radical (unpaired) electrons. The topological polar surface area (TPSA) is 26.6 Å². The molecule has 1 heterocycles. The van der Waals surface area contributed by atoms with Gasteiger partial charge in [-0.05, 0) is 32.9 Å². The van der Waals surface area contributed by atoms with Crippen molar-refractivity contribution >= 4 is 0 Å². The maximum absolute atomic E-state index is 4.94. The van der Waals surface area contributed by atoms with E-state index < -0.39 is 0 Å². The largest absolute Gasteiger partial charge is 1.00 e. The zero-order valence-corrected chi connectivity index (χ0v) is 10.9. The van der Waals surface area contributed by atoms with E-state index >= 15 is 0 Å². The quantitative estimate of drug-likeness (QED) is 0.472. The monoisotopic (exact) mass is 206 g/mol. The van der Waals surface area contributed by atoms with Crippen molar-refractivity contribution in [2.45, 2.75) is 26.7 Å². The van der Waals surface area contributed by atoms with Gasteiger partial charge >= 0.3 is 18.9 Å². The van der Waals surface area contributed by atoms with Crippen LogP contribution in [0.2, 0.25) is 0 Å². The Labute approximate surface area is 106 Å². The van der Waals surface area contributed by atoms with Gasteiger partial charge in [0.1, 0.15) is 0 Å². The van der Waals surface area contributed by atoms with E-state index in [4.69, 9.17) is 4.74 Å². The summed E-state index contributed by atoms with van der Waals surface area (Å²) in [5.41, 5.74) is 5.05. The molecule has 0 N–H and O–H groups in total. The summed E-state index contributed by atoms with van der Waals surface area (Å²) in [5.74, 6) is 0.451. The molecular weight excluding hydrogens is 183 g/mol. The van der Waals surface area contributed by atoms with Crippen LogP contribution >= 0.6 is 0 Å². The molecular formula is C11H23LiN2O. The Balaban J connectivity index is 0. The van der Waals surface area contributed by atoms with E-state index in [-0.39, 0.29) is 18.9 Å². The van der Waals surface area contributed by atoms with E-state index in [0.717, 1.165) is 18.9 Å². The Kier molecular flexibility index (Phi) is 12.3. The summed E-state index contributed by atoms with van der Waals surface area (Å²) in [7, 11) is 3.79. The second kappa shape index (κ2) is 10.6. The molecule has 0 aromatic heterocycles. The van der Waals surface area contributed by atoms with Crippen LogP contribution in [0.4, 0.5) is 0 Å². The van der Waals surface area contributed by atoms with E-state index in [2.05, 4.69) is 25.9 Å². The third kappa shape index (κ3) is 12.0. The Morgan fingerprint density at radius 2 is 1.73 bits per heavy atom. The average molecular weight is 206 g/mol. The van der Waals surface area contributed by atoms with Crippen molar-refractivity contribution in [2.75, 3.05) is 27.3 Å². The van der Waals surface area contributed by atoms with Crippen LogP contribution in [0.15, 0.2) is 12.3 Å². The minimum absolute atomic E-state index is 0. The molecule has 0 aromatic carbocycles. The first-order chi connectivity index (χ1) is 6.54. The molecule has 0 unspecified atom stereocenters. The molecule has 1 saturated heterocycles. The Bertz CT molecular complexity index is 149. The summed E-state index contributed by atoms with van der Waals surface area (Å²) in [4.78, 5) is 0. The maximum Gasteiger partial charge on any atom is 1.00 e. The molecule has 0 bridgehead atoms. The summed E-state index contributed by atoms with van der Waals surface area (Å²) in [6.45, 7) is 9.94. The minimum atomic E-state index is 0. The van der Waals surface area contributed by atoms with Crippen LogP contribution in [0, 0.1) is 5.92 Å². The zero-order chi connectivity index (χ0) is 11.0. The van der Waals surface area contributed by atoms with E-state index in [9.17, 15) is 0 Å². The molecule has 84 valence electrons. The first kappa shape index (κ1) is 17.5. The normalized spacial score (nSPS) is 14.3. The first-order valence-electron chi connectivity index (χ1n) is 5.19. The molecule has 15 heavy (non-hydrogen) atoms. The van der Waals surface area contributed by atoms with Crippen LogP contribution in [0.25, 0.3) is 5.43 Å². The smallest absolute Gasteiger partial charge is 0.624 e. The summed E-state index contributed by atoms with van der Waals surface area (Å²) < 4.78 is 4.94. The van der Waals surface area contributed by atoms with Gasteiger partial charge in [-0.1, -0.05) is 13.8 Å². The van der Waals surface area contributed by atoms with E-state index in [1.54, 1.807) is 5.01 Å². The number of hydrogen-bond acceptors (Lipinski definition) is 2. The SMILES string of the molecule is C1CCOC1.C=C([N-]N(C)C)C(C)C.[Li+]. The average Bonchev–Trinajstić information content (AvgIpc) is 2.59. The molecule has 1 rings (SSSR count). The summed E-state index contributed by atoms with van der Waals surface area (Å²) in [5, 5.41) is 1.77. The molecule has 0 amide bonds. The number of hydrogen-bond donors (Lipinski definition) is 0. The number of allylic oxidation sites excluding steroid dienone is 1.